The molecule has 420 valence electrons. The minimum Gasteiger partial charge on any atom is -0.391 e. The Balaban J connectivity index is 0.733. The number of amides is 4. The molecule has 20 heteroatoms. The second-order valence-corrected chi connectivity index (χ2v) is 23.0. The van der Waals surface area contributed by atoms with E-state index < -0.39 is 41.5 Å². The summed E-state index contributed by atoms with van der Waals surface area (Å²) in [6.45, 7) is 11.5. The van der Waals surface area contributed by atoms with Gasteiger partial charge in [0.15, 0.2) is 5.82 Å². The number of piperazine rings is 1. The van der Waals surface area contributed by atoms with Crippen molar-refractivity contribution in [1.82, 2.24) is 35.6 Å². The molecule has 17 nitrogen and oxygen atoms in total. The number of nitrogens with one attached hydrogen (secondary N) is 5. The van der Waals surface area contributed by atoms with Crippen molar-refractivity contribution in [3.63, 3.8) is 0 Å². The number of thiazole rings is 1. The van der Waals surface area contributed by atoms with Gasteiger partial charge in [-0.25, -0.2) is 13.8 Å². The first-order chi connectivity index (χ1) is 37.9. The Bertz CT molecular complexity index is 3080. The predicted molar refractivity (Wildman–Crippen MR) is 302 cm³/mol. The van der Waals surface area contributed by atoms with Crippen LogP contribution < -0.4 is 26.2 Å². The number of H-pyrrole nitrogens is 1. The molecule has 4 atom stereocenters. The zero-order chi connectivity index (χ0) is 55.8. The summed E-state index contributed by atoms with van der Waals surface area (Å²) in [7, 11) is 0. The van der Waals surface area contributed by atoms with Crippen LogP contribution in [0.4, 0.5) is 26.0 Å². The van der Waals surface area contributed by atoms with Gasteiger partial charge < -0.3 is 45.6 Å². The Morgan fingerprint density at radius 2 is 1.59 bits per heavy atom. The molecule has 0 saturated carbocycles. The maximum absolute atomic E-state index is 14.2. The van der Waals surface area contributed by atoms with Crippen molar-refractivity contribution in [3.8, 4) is 10.4 Å². The van der Waals surface area contributed by atoms with Crippen LogP contribution in [0.2, 0.25) is 0 Å². The van der Waals surface area contributed by atoms with Crippen molar-refractivity contribution >= 4 is 63.1 Å². The lowest BCUT2D eigenvalue weighted by Crippen LogP contribution is -2.58. The van der Waals surface area contributed by atoms with Crippen LogP contribution in [0.1, 0.15) is 105 Å². The first-order valence-electron chi connectivity index (χ1n) is 27.4. The standard InChI is InChI=1S/C59H72F2N10O7S/c1-36-53(79-35-63-36)40-13-10-37(11-14-40)33-62-57(76)50-32-45(72)34-71(50)58(77)54(59(2,3)4)65-51(73)8-6-5-7-9-52(74)70-22-20-69(21-23-70)44-15-16-46(49(31-44)64-43-18-24-78-25-19-43)56(75)66-55-47-29-38(12-17-48(47)67-68-55)26-39-27-41(60)30-42(61)28-39/h10-17,27-31,35,43,45,50,54,57,62,64,72,76H,5-9,18-26,32-34H2,1-4H3,(H,65,73)(H2,66,67,68,75)/t45-,50+,54-,57?/m1/s1. The zero-order valence-electron chi connectivity index (χ0n) is 45.3. The Morgan fingerprint density at radius 3 is 2.30 bits per heavy atom. The number of hydrogen-bond acceptors (Lipinski definition) is 13. The predicted octanol–water partition coefficient (Wildman–Crippen LogP) is 7.91. The quantitative estimate of drug-likeness (QED) is 0.0287. The molecule has 0 bridgehead atoms. The molecule has 79 heavy (non-hydrogen) atoms. The number of aromatic nitrogens is 3. The Kier molecular flexibility index (Phi) is 18.4. The van der Waals surface area contributed by atoms with E-state index in [1.165, 1.54) is 17.0 Å². The summed E-state index contributed by atoms with van der Waals surface area (Å²) in [5.74, 6) is -1.90. The van der Waals surface area contributed by atoms with Gasteiger partial charge in [-0.1, -0.05) is 57.5 Å². The fourth-order valence-corrected chi connectivity index (χ4v) is 11.6. The van der Waals surface area contributed by atoms with Crippen molar-refractivity contribution in [2.45, 2.75) is 122 Å². The SMILES string of the molecule is Cc1ncsc1-c1ccc(CNC(O)[C@@H]2C[C@@H](O)CN2C(=O)[C@@H](NC(=O)CCCCCC(=O)N2CCN(c3ccc(C(=O)Nc4n[nH]c5ccc(Cc6cc(F)cc(F)c6)cc45)c(NC4CCOCC4)c3)CC2)C(C)(C)C)cc1. The third-order valence-corrected chi connectivity index (χ3v) is 16.2. The number of aliphatic hydroxyl groups is 2. The summed E-state index contributed by atoms with van der Waals surface area (Å²) < 4.78 is 33.5. The molecule has 4 amide bonds. The van der Waals surface area contributed by atoms with Gasteiger partial charge in [0.1, 0.15) is 23.9 Å². The number of halogens is 2. The Morgan fingerprint density at radius 1 is 0.873 bits per heavy atom. The van der Waals surface area contributed by atoms with E-state index in [1.54, 1.807) is 17.4 Å². The molecule has 2 aromatic heterocycles. The monoisotopic (exact) mass is 1100 g/mol. The summed E-state index contributed by atoms with van der Waals surface area (Å²) >= 11 is 1.58. The van der Waals surface area contributed by atoms with Crippen molar-refractivity contribution < 1.29 is 42.9 Å². The number of carbonyl (C=O) groups is 4. The Labute approximate surface area is 463 Å². The molecular formula is C59H72F2N10O7S. The molecule has 0 aliphatic carbocycles. The highest BCUT2D eigenvalue weighted by molar-refractivity contribution is 7.13. The van der Waals surface area contributed by atoms with Crippen LogP contribution in [0.3, 0.4) is 0 Å². The van der Waals surface area contributed by atoms with Gasteiger partial charge >= 0.3 is 0 Å². The molecule has 0 radical (unpaired) electrons. The second kappa shape index (κ2) is 25.5. The zero-order valence-corrected chi connectivity index (χ0v) is 46.1. The number of aliphatic hydroxyl groups excluding tert-OH is 2. The highest BCUT2D eigenvalue weighted by atomic mass is 32.1. The summed E-state index contributed by atoms with van der Waals surface area (Å²) in [6.07, 6.45) is 2.44. The van der Waals surface area contributed by atoms with Gasteiger partial charge in [-0.3, -0.25) is 29.6 Å². The number of unbranched alkanes of at least 4 members (excludes halogenated alkanes) is 2. The molecule has 3 saturated heterocycles. The van der Waals surface area contributed by atoms with Gasteiger partial charge in [0.25, 0.3) is 5.91 Å². The van der Waals surface area contributed by atoms with E-state index in [-0.39, 0.29) is 55.5 Å². The van der Waals surface area contributed by atoms with Gasteiger partial charge in [-0.05, 0) is 116 Å². The van der Waals surface area contributed by atoms with Gasteiger partial charge in [0.2, 0.25) is 17.7 Å². The molecule has 3 aliphatic rings. The van der Waals surface area contributed by atoms with Gasteiger partial charge in [0.05, 0.1) is 39.3 Å². The van der Waals surface area contributed by atoms with E-state index in [0.717, 1.165) is 51.9 Å². The number of carbonyl (C=O) groups excluding carboxylic acids is 4. The van der Waals surface area contributed by atoms with Crippen molar-refractivity contribution in [1.29, 1.82) is 0 Å². The number of aryl methyl sites for hydroxylation is 1. The van der Waals surface area contributed by atoms with Crippen LogP contribution in [-0.2, 0) is 32.1 Å². The number of likely N-dealkylation sites (tertiary alicyclic amines) is 1. The van der Waals surface area contributed by atoms with Crippen LogP contribution in [0, 0.1) is 24.0 Å². The lowest BCUT2D eigenvalue weighted by molar-refractivity contribution is -0.142. The summed E-state index contributed by atoms with van der Waals surface area (Å²) in [5.41, 5.74) is 8.14. The van der Waals surface area contributed by atoms with Crippen molar-refractivity contribution in [2.24, 2.45) is 5.41 Å². The van der Waals surface area contributed by atoms with Crippen LogP contribution in [0.15, 0.2) is 84.4 Å². The van der Waals surface area contributed by atoms with E-state index in [4.69, 9.17) is 4.74 Å². The first kappa shape index (κ1) is 56.9. The molecule has 3 aliphatic heterocycles. The largest absolute Gasteiger partial charge is 0.391 e. The number of fused-ring (bicyclic) bond motifs is 1. The molecule has 9 rings (SSSR count). The summed E-state index contributed by atoms with van der Waals surface area (Å²) in [6, 6.07) is 21.2. The maximum atomic E-state index is 14.2. The van der Waals surface area contributed by atoms with E-state index in [2.05, 4.69) is 41.3 Å². The number of hydrogen-bond donors (Lipinski definition) is 7. The lowest BCUT2D eigenvalue weighted by Gasteiger charge is -2.37. The number of ether oxygens (including phenoxy) is 1. The third-order valence-electron chi connectivity index (χ3n) is 15.2. The molecule has 4 aromatic carbocycles. The van der Waals surface area contributed by atoms with Crippen LogP contribution in [0.25, 0.3) is 21.3 Å². The maximum Gasteiger partial charge on any atom is 0.258 e. The third kappa shape index (κ3) is 14.5. The number of nitrogens with zero attached hydrogens (tertiary/aromatic N) is 5. The van der Waals surface area contributed by atoms with Gasteiger partial charge in [0, 0.05) is 94.2 Å². The van der Waals surface area contributed by atoms with Crippen LogP contribution >= 0.6 is 11.3 Å². The number of benzene rings is 4. The number of rotatable bonds is 20. The van der Waals surface area contributed by atoms with Crippen LogP contribution in [-0.4, -0.2) is 135 Å². The van der Waals surface area contributed by atoms with Gasteiger partial charge in [-0.15, -0.1) is 11.3 Å². The van der Waals surface area contributed by atoms with Crippen molar-refractivity contribution in [2.75, 3.05) is 61.5 Å². The van der Waals surface area contributed by atoms with Crippen molar-refractivity contribution in [3.05, 3.63) is 124 Å². The fraction of sp³-hybridized carbons (Fsp3) is 0.458. The fourth-order valence-electron chi connectivity index (χ4n) is 10.8. The average molecular weight is 1100 g/mol. The highest BCUT2D eigenvalue weighted by Crippen LogP contribution is 2.32. The first-order valence-corrected chi connectivity index (χ1v) is 28.3. The van der Waals surface area contributed by atoms with E-state index in [0.29, 0.717) is 105 Å². The minimum atomic E-state index is -1.11. The number of β-amino-alcohol motifs (C(OH)–C–C–N with tert-alkyl or cyclic N) is 1. The second-order valence-electron chi connectivity index (χ2n) is 22.2. The van der Waals surface area contributed by atoms with E-state index in [1.807, 2.05) is 92.7 Å². The molecule has 5 heterocycles. The van der Waals surface area contributed by atoms with Crippen LogP contribution in [0.5, 0.6) is 0 Å². The normalized spacial score (nSPS) is 17.9. The number of anilines is 3. The summed E-state index contributed by atoms with van der Waals surface area (Å²) in [4.78, 5) is 66.1. The molecule has 6 aromatic rings. The number of aromatic amines is 1. The lowest BCUT2D eigenvalue weighted by atomic mass is 9.85. The molecule has 0 spiro atoms. The molecule has 1 unspecified atom stereocenters. The molecule has 3 fully saturated rings. The minimum absolute atomic E-state index is 0.0452. The Hall–Kier alpha value is -6.84. The highest BCUT2D eigenvalue weighted by Gasteiger charge is 2.44. The average Bonchev–Trinajstić information content (AvgIpc) is 4.19. The van der Waals surface area contributed by atoms with E-state index >= 15 is 0 Å². The molecular weight excluding hydrogens is 1030 g/mol. The smallest absolute Gasteiger partial charge is 0.258 e. The van der Waals surface area contributed by atoms with Gasteiger partial charge in [-0.2, -0.15) is 5.10 Å². The molecule has 7 N–H and O–H groups in total. The van der Waals surface area contributed by atoms with E-state index in [9.17, 15) is 38.2 Å². The summed E-state index contributed by atoms with van der Waals surface area (Å²) in [5, 5.41) is 42.7. The topological polar surface area (TPSA) is 217 Å².